The van der Waals surface area contributed by atoms with Gasteiger partial charge in [-0.1, -0.05) is 11.6 Å². The summed E-state index contributed by atoms with van der Waals surface area (Å²) in [6.45, 7) is 4.23. The molecule has 0 unspecified atom stereocenters. The Morgan fingerprint density at radius 2 is 2.22 bits per heavy atom. The zero-order valence-electron chi connectivity index (χ0n) is 10.6. The lowest BCUT2D eigenvalue weighted by Gasteiger charge is -2.10. The lowest BCUT2D eigenvalue weighted by molar-refractivity contribution is 0.147. The fourth-order valence-electron chi connectivity index (χ4n) is 1.64. The van der Waals surface area contributed by atoms with Gasteiger partial charge in [0.15, 0.2) is 11.0 Å². The Balaban J connectivity index is 1.93. The van der Waals surface area contributed by atoms with Crippen LogP contribution in [-0.4, -0.2) is 29.7 Å². The minimum atomic E-state index is 0.346. The molecule has 1 fully saturated rings. The third-order valence-corrected chi connectivity index (χ3v) is 3.11. The van der Waals surface area contributed by atoms with Crippen LogP contribution in [0.15, 0.2) is 0 Å². The third kappa shape index (κ3) is 3.46. The predicted molar refractivity (Wildman–Crippen MR) is 73.0 cm³/mol. The normalized spacial score (nSPS) is 14.8. The molecule has 1 aliphatic rings. The predicted octanol–water partition coefficient (Wildman–Crippen LogP) is 2.43. The average molecular weight is 271 g/mol. The molecule has 6 heteroatoms. The summed E-state index contributed by atoms with van der Waals surface area (Å²) in [5.41, 5.74) is 6.29. The van der Waals surface area contributed by atoms with E-state index in [1.54, 1.807) is 0 Å². The van der Waals surface area contributed by atoms with E-state index in [0.29, 0.717) is 22.6 Å². The first kappa shape index (κ1) is 13.4. The number of aromatic nitrogens is 2. The molecule has 1 heterocycles. The van der Waals surface area contributed by atoms with Crippen molar-refractivity contribution in [1.82, 2.24) is 9.97 Å². The fourth-order valence-corrected chi connectivity index (χ4v) is 1.82. The Kier molecular flexibility index (Phi) is 4.60. The number of ether oxygens (including phenoxy) is 1. The molecule has 1 aliphatic carbocycles. The van der Waals surface area contributed by atoms with Crippen molar-refractivity contribution < 1.29 is 4.74 Å². The maximum absolute atomic E-state index is 6.01. The van der Waals surface area contributed by atoms with Crippen molar-refractivity contribution in [3.05, 3.63) is 11.0 Å². The average Bonchev–Trinajstić information content (AvgIpc) is 3.18. The van der Waals surface area contributed by atoms with Gasteiger partial charge in [-0.2, -0.15) is 0 Å². The number of hydrogen-bond acceptors (Lipinski definition) is 5. The van der Waals surface area contributed by atoms with Crippen LogP contribution < -0.4 is 11.1 Å². The zero-order valence-corrected chi connectivity index (χ0v) is 11.3. The molecular formula is C12H19ClN4O. The maximum Gasteiger partial charge on any atom is 0.157 e. The first-order chi connectivity index (χ1) is 8.72. The van der Waals surface area contributed by atoms with Crippen LogP contribution in [0.5, 0.6) is 0 Å². The number of halogens is 1. The molecule has 1 aromatic heterocycles. The molecule has 3 N–H and O–H groups in total. The molecule has 0 bridgehead atoms. The molecule has 0 saturated heterocycles. The fraction of sp³-hybridized carbons (Fsp3) is 0.667. The SMILES string of the molecule is CCOCCCNc1nc(C2CC2)nc(Cl)c1N. The molecule has 1 aromatic rings. The Morgan fingerprint density at radius 1 is 1.44 bits per heavy atom. The summed E-state index contributed by atoms with van der Waals surface area (Å²) >= 11 is 6.01. The van der Waals surface area contributed by atoms with E-state index in [4.69, 9.17) is 22.1 Å². The van der Waals surface area contributed by atoms with Crippen molar-refractivity contribution in [1.29, 1.82) is 0 Å². The summed E-state index contributed by atoms with van der Waals surface area (Å²) in [4.78, 5) is 8.66. The largest absolute Gasteiger partial charge is 0.393 e. The number of nitrogens with two attached hydrogens (primary N) is 1. The quantitative estimate of drug-likeness (QED) is 0.588. The van der Waals surface area contributed by atoms with Gasteiger partial charge in [-0.05, 0) is 26.2 Å². The van der Waals surface area contributed by atoms with Crippen LogP contribution >= 0.6 is 11.6 Å². The molecule has 0 amide bonds. The highest BCUT2D eigenvalue weighted by atomic mass is 35.5. The topological polar surface area (TPSA) is 73.1 Å². The van der Waals surface area contributed by atoms with Crippen LogP contribution in [0.25, 0.3) is 0 Å². The minimum absolute atomic E-state index is 0.346. The van der Waals surface area contributed by atoms with Gasteiger partial charge in [0.2, 0.25) is 0 Å². The van der Waals surface area contributed by atoms with E-state index >= 15 is 0 Å². The number of nitrogens with one attached hydrogen (secondary N) is 1. The van der Waals surface area contributed by atoms with Crippen LogP contribution in [0, 0.1) is 0 Å². The van der Waals surface area contributed by atoms with Gasteiger partial charge in [0.1, 0.15) is 11.5 Å². The van der Waals surface area contributed by atoms with E-state index in [2.05, 4.69) is 15.3 Å². The Labute approximate surface area is 112 Å². The standard InChI is InChI=1S/C12H19ClN4O/c1-2-18-7-3-6-15-12-9(14)10(13)16-11(17-12)8-4-5-8/h8H,2-7,14H2,1H3,(H,15,16,17). The van der Waals surface area contributed by atoms with Crippen LogP contribution in [0.4, 0.5) is 11.5 Å². The molecular weight excluding hydrogens is 252 g/mol. The number of nitrogen functional groups attached to an aromatic ring is 1. The summed E-state index contributed by atoms with van der Waals surface area (Å²) in [7, 11) is 0. The second-order valence-corrected chi connectivity index (χ2v) is 4.74. The lowest BCUT2D eigenvalue weighted by Crippen LogP contribution is -2.11. The summed E-state index contributed by atoms with van der Waals surface area (Å²) in [6, 6.07) is 0. The van der Waals surface area contributed by atoms with Gasteiger partial charge in [0.05, 0.1) is 0 Å². The number of anilines is 2. The maximum atomic E-state index is 6.01. The Hall–Kier alpha value is -1.07. The van der Waals surface area contributed by atoms with Gasteiger partial charge in [-0.25, -0.2) is 9.97 Å². The third-order valence-electron chi connectivity index (χ3n) is 2.82. The lowest BCUT2D eigenvalue weighted by atomic mass is 10.3. The molecule has 18 heavy (non-hydrogen) atoms. The van der Waals surface area contributed by atoms with E-state index in [9.17, 15) is 0 Å². The summed E-state index contributed by atoms with van der Waals surface area (Å²) in [5, 5.41) is 3.54. The summed E-state index contributed by atoms with van der Waals surface area (Å²) in [6.07, 6.45) is 3.20. The highest BCUT2D eigenvalue weighted by Gasteiger charge is 2.28. The zero-order chi connectivity index (χ0) is 13.0. The van der Waals surface area contributed by atoms with Crippen LogP contribution in [-0.2, 0) is 4.74 Å². The van der Waals surface area contributed by atoms with Crippen LogP contribution in [0.1, 0.15) is 37.9 Å². The molecule has 1 saturated carbocycles. The Bertz CT molecular complexity index is 409. The first-order valence-corrected chi connectivity index (χ1v) is 6.74. The van der Waals surface area contributed by atoms with Gasteiger partial charge in [0.25, 0.3) is 0 Å². The number of rotatable bonds is 7. The van der Waals surface area contributed by atoms with Crippen molar-refractivity contribution in [2.75, 3.05) is 30.8 Å². The van der Waals surface area contributed by atoms with Crippen molar-refractivity contribution in [2.45, 2.75) is 32.1 Å². The van der Waals surface area contributed by atoms with Gasteiger partial charge >= 0.3 is 0 Å². The van der Waals surface area contributed by atoms with E-state index in [-0.39, 0.29) is 0 Å². The van der Waals surface area contributed by atoms with E-state index in [0.717, 1.165) is 44.8 Å². The van der Waals surface area contributed by atoms with Crippen LogP contribution in [0.3, 0.4) is 0 Å². The first-order valence-electron chi connectivity index (χ1n) is 6.37. The van der Waals surface area contributed by atoms with Gasteiger partial charge in [-0.15, -0.1) is 0 Å². The Morgan fingerprint density at radius 3 is 2.89 bits per heavy atom. The van der Waals surface area contributed by atoms with Crippen molar-refractivity contribution in [2.24, 2.45) is 0 Å². The highest BCUT2D eigenvalue weighted by Crippen LogP contribution is 2.40. The minimum Gasteiger partial charge on any atom is -0.393 e. The van der Waals surface area contributed by atoms with E-state index in [1.165, 1.54) is 0 Å². The van der Waals surface area contributed by atoms with Gasteiger partial charge in [0, 0.05) is 25.7 Å². The molecule has 0 radical (unpaired) electrons. The van der Waals surface area contributed by atoms with E-state index < -0.39 is 0 Å². The smallest absolute Gasteiger partial charge is 0.157 e. The van der Waals surface area contributed by atoms with Crippen molar-refractivity contribution in [3.63, 3.8) is 0 Å². The van der Waals surface area contributed by atoms with Crippen molar-refractivity contribution >= 4 is 23.1 Å². The second kappa shape index (κ2) is 6.20. The molecule has 5 nitrogen and oxygen atoms in total. The summed E-state index contributed by atoms with van der Waals surface area (Å²) in [5.74, 6) is 1.92. The van der Waals surface area contributed by atoms with Gasteiger partial charge < -0.3 is 15.8 Å². The molecule has 100 valence electrons. The molecule has 0 atom stereocenters. The number of hydrogen-bond donors (Lipinski definition) is 2. The second-order valence-electron chi connectivity index (χ2n) is 4.39. The highest BCUT2D eigenvalue weighted by molar-refractivity contribution is 6.32. The van der Waals surface area contributed by atoms with Crippen molar-refractivity contribution in [3.8, 4) is 0 Å². The molecule has 0 aliphatic heterocycles. The summed E-state index contributed by atoms with van der Waals surface area (Å²) < 4.78 is 5.27. The molecule has 0 aromatic carbocycles. The number of nitrogens with zero attached hydrogens (tertiary/aromatic N) is 2. The molecule has 2 rings (SSSR count). The monoisotopic (exact) mass is 270 g/mol. The van der Waals surface area contributed by atoms with Crippen LogP contribution in [0.2, 0.25) is 5.15 Å². The molecule has 0 spiro atoms. The van der Waals surface area contributed by atoms with Gasteiger partial charge in [-0.3, -0.25) is 0 Å². The van der Waals surface area contributed by atoms with E-state index in [1.807, 2.05) is 6.92 Å².